The normalized spacial score (nSPS) is 10.7. The molecule has 1 aromatic carbocycles. The Morgan fingerprint density at radius 1 is 1.26 bits per heavy atom. The lowest BCUT2D eigenvalue weighted by Gasteiger charge is -2.07. The minimum absolute atomic E-state index is 0.174. The predicted molar refractivity (Wildman–Crippen MR) is 81.5 cm³/mol. The summed E-state index contributed by atoms with van der Waals surface area (Å²) in [6.07, 6.45) is 1.53. The molecule has 3 aromatic rings. The van der Waals surface area contributed by atoms with Gasteiger partial charge in [-0.05, 0) is 24.6 Å². The van der Waals surface area contributed by atoms with Crippen molar-refractivity contribution in [3.05, 3.63) is 64.5 Å². The van der Waals surface area contributed by atoms with Gasteiger partial charge in [-0.25, -0.2) is 9.36 Å². The molecule has 7 heteroatoms. The number of hydrogen-bond donors (Lipinski definition) is 1. The number of carbonyl (C=O) groups excluding carboxylic acids is 1. The van der Waals surface area contributed by atoms with Crippen LogP contribution >= 0.6 is 0 Å². The first-order valence-electron chi connectivity index (χ1n) is 7.07. The fourth-order valence-corrected chi connectivity index (χ4v) is 2.22. The Balaban J connectivity index is 1.78. The number of hydrogen-bond acceptors (Lipinski definition) is 5. The smallest absolute Gasteiger partial charge is 0.442 e. The Morgan fingerprint density at radius 3 is 2.83 bits per heavy atom. The molecule has 7 nitrogen and oxygen atoms in total. The maximum atomic E-state index is 12.0. The topological polar surface area (TPSA) is 90.3 Å². The van der Waals surface area contributed by atoms with Crippen molar-refractivity contribution < 1.29 is 13.7 Å². The highest BCUT2D eigenvalue weighted by Crippen LogP contribution is 2.19. The lowest BCUT2D eigenvalue weighted by atomic mass is 10.1. The van der Waals surface area contributed by atoms with E-state index >= 15 is 0 Å². The number of rotatable bonds is 5. The van der Waals surface area contributed by atoms with Crippen molar-refractivity contribution in [1.29, 1.82) is 0 Å². The Morgan fingerprint density at radius 2 is 2.09 bits per heavy atom. The highest BCUT2D eigenvalue weighted by molar-refractivity contribution is 5.76. The summed E-state index contributed by atoms with van der Waals surface area (Å²) < 4.78 is 11.1. The van der Waals surface area contributed by atoms with E-state index in [-0.39, 0.29) is 19.0 Å². The molecule has 0 saturated heterocycles. The van der Waals surface area contributed by atoms with E-state index in [0.29, 0.717) is 11.6 Å². The number of carbonyl (C=O) groups is 1. The Kier molecular flexibility index (Phi) is 4.09. The molecule has 0 aliphatic rings. The van der Waals surface area contributed by atoms with Crippen LogP contribution in [0.5, 0.6) is 0 Å². The lowest BCUT2D eigenvalue weighted by Crippen LogP contribution is -2.30. The van der Waals surface area contributed by atoms with Crippen LogP contribution in [0.15, 0.2) is 56.4 Å². The molecule has 0 fully saturated rings. The van der Waals surface area contributed by atoms with Crippen LogP contribution in [0.2, 0.25) is 0 Å². The first-order valence-corrected chi connectivity index (χ1v) is 7.07. The minimum atomic E-state index is -0.670. The zero-order chi connectivity index (χ0) is 16.2. The fourth-order valence-electron chi connectivity index (χ4n) is 2.22. The molecule has 0 saturated carbocycles. The maximum absolute atomic E-state index is 12.0. The largest absolute Gasteiger partial charge is 0.467 e. The van der Waals surface area contributed by atoms with Crippen molar-refractivity contribution in [1.82, 2.24) is 15.0 Å². The van der Waals surface area contributed by atoms with Gasteiger partial charge >= 0.3 is 5.76 Å². The van der Waals surface area contributed by atoms with Crippen molar-refractivity contribution >= 4 is 5.91 Å². The van der Waals surface area contributed by atoms with Gasteiger partial charge in [0.15, 0.2) is 5.82 Å². The third-order valence-corrected chi connectivity index (χ3v) is 3.41. The molecule has 0 bridgehead atoms. The zero-order valence-electron chi connectivity index (χ0n) is 12.5. The standard InChI is InChI=1S/C16H15N3O4/c1-11-5-2-3-7-13(11)15-18-23-16(21)19(15)10-14(20)17-9-12-6-4-8-22-12/h2-8H,9-10H2,1H3,(H,17,20). The van der Waals surface area contributed by atoms with Crippen LogP contribution in [0.25, 0.3) is 11.4 Å². The molecule has 3 rings (SSSR count). The number of benzene rings is 1. The molecule has 118 valence electrons. The highest BCUT2D eigenvalue weighted by Gasteiger charge is 2.17. The number of furan rings is 1. The second-order valence-corrected chi connectivity index (χ2v) is 5.03. The van der Waals surface area contributed by atoms with Crippen molar-refractivity contribution in [2.24, 2.45) is 0 Å². The number of amides is 1. The van der Waals surface area contributed by atoms with Gasteiger partial charge in [-0.2, -0.15) is 0 Å². The monoisotopic (exact) mass is 313 g/mol. The van der Waals surface area contributed by atoms with E-state index in [1.54, 1.807) is 12.1 Å². The van der Waals surface area contributed by atoms with Crippen molar-refractivity contribution in [3.63, 3.8) is 0 Å². The summed E-state index contributed by atoms with van der Waals surface area (Å²) in [6, 6.07) is 10.9. The van der Waals surface area contributed by atoms with Gasteiger partial charge in [-0.1, -0.05) is 29.4 Å². The third kappa shape index (κ3) is 3.23. The summed E-state index contributed by atoms with van der Waals surface area (Å²) in [7, 11) is 0. The van der Waals surface area contributed by atoms with E-state index in [1.165, 1.54) is 10.8 Å². The molecule has 0 aliphatic heterocycles. The van der Waals surface area contributed by atoms with Crippen LogP contribution < -0.4 is 11.1 Å². The predicted octanol–water partition coefficient (Wildman–Crippen LogP) is 1.72. The van der Waals surface area contributed by atoms with Crippen LogP contribution in [0.1, 0.15) is 11.3 Å². The summed E-state index contributed by atoms with van der Waals surface area (Å²) in [5.41, 5.74) is 1.68. The summed E-state index contributed by atoms with van der Waals surface area (Å²) in [4.78, 5) is 23.9. The van der Waals surface area contributed by atoms with Gasteiger partial charge in [-0.15, -0.1) is 0 Å². The molecule has 0 aliphatic carbocycles. The SMILES string of the molecule is Cc1ccccc1-c1noc(=O)n1CC(=O)NCc1ccco1. The van der Waals surface area contributed by atoms with Gasteiger partial charge in [0.1, 0.15) is 12.3 Å². The molecule has 23 heavy (non-hydrogen) atoms. The minimum Gasteiger partial charge on any atom is -0.467 e. The molecule has 1 amide bonds. The Labute approximate surface area is 131 Å². The first-order chi connectivity index (χ1) is 11.1. The number of nitrogens with one attached hydrogen (secondary N) is 1. The number of nitrogens with zero attached hydrogens (tertiary/aromatic N) is 2. The summed E-state index contributed by atoms with van der Waals surface area (Å²) in [5.74, 6) is -0.0330. The van der Waals surface area contributed by atoms with Gasteiger partial charge in [0.25, 0.3) is 0 Å². The average molecular weight is 313 g/mol. The maximum Gasteiger partial charge on any atom is 0.442 e. The summed E-state index contributed by atoms with van der Waals surface area (Å²) in [5, 5.41) is 6.47. The van der Waals surface area contributed by atoms with Gasteiger partial charge in [0, 0.05) is 5.56 Å². The van der Waals surface area contributed by atoms with Gasteiger partial charge in [0.2, 0.25) is 5.91 Å². The Hall–Kier alpha value is -3.09. The van der Waals surface area contributed by atoms with E-state index < -0.39 is 5.76 Å². The molecular formula is C16H15N3O4. The molecular weight excluding hydrogens is 298 g/mol. The first kappa shape index (κ1) is 14.8. The molecule has 0 unspecified atom stereocenters. The van der Waals surface area contributed by atoms with Crippen molar-refractivity contribution in [3.8, 4) is 11.4 Å². The van der Waals surface area contributed by atoms with Crippen LogP contribution in [-0.4, -0.2) is 15.6 Å². The lowest BCUT2D eigenvalue weighted by molar-refractivity contribution is -0.122. The number of aryl methyl sites for hydroxylation is 1. The molecule has 2 heterocycles. The summed E-state index contributed by atoms with van der Waals surface area (Å²) in [6.45, 7) is 1.98. The number of aromatic nitrogens is 2. The third-order valence-electron chi connectivity index (χ3n) is 3.41. The van der Waals surface area contributed by atoms with E-state index in [9.17, 15) is 9.59 Å². The summed E-state index contributed by atoms with van der Waals surface area (Å²) >= 11 is 0. The second-order valence-electron chi connectivity index (χ2n) is 5.03. The zero-order valence-corrected chi connectivity index (χ0v) is 12.5. The molecule has 0 atom stereocenters. The Bertz CT molecular complexity index is 862. The van der Waals surface area contributed by atoms with Crippen LogP contribution in [0.3, 0.4) is 0 Å². The van der Waals surface area contributed by atoms with Gasteiger partial charge < -0.3 is 9.73 Å². The molecule has 1 N–H and O–H groups in total. The fraction of sp³-hybridized carbons (Fsp3) is 0.188. The van der Waals surface area contributed by atoms with Gasteiger partial charge in [0.05, 0.1) is 12.8 Å². The quantitative estimate of drug-likeness (QED) is 0.774. The van der Waals surface area contributed by atoms with Crippen molar-refractivity contribution in [2.45, 2.75) is 20.0 Å². The highest BCUT2D eigenvalue weighted by atomic mass is 16.5. The van der Waals surface area contributed by atoms with Gasteiger partial charge in [-0.3, -0.25) is 9.32 Å². The van der Waals surface area contributed by atoms with E-state index in [1.807, 2.05) is 31.2 Å². The van der Waals surface area contributed by atoms with Crippen molar-refractivity contribution in [2.75, 3.05) is 0 Å². The van der Waals surface area contributed by atoms with Crippen LogP contribution in [0.4, 0.5) is 0 Å². The van der Waals surface area contributed by atoms with Crippen LogP contribution in [-0.2, 0) is 17.9 Å². The van der Waals surface area contributed by atoms with Crippen LogP contribution in [0, 0.1) is 6.92 Å². The van der Waals surface area contributed by atoms with E-state index in [0.717, 1.165) is 11.1 Å². The molecule has 2 aromatic heterocycles. The van der Waals surface area contributed by atoms with E-state index in [4.69, 9.17) is 8.94 Å². The molecule has 0 spiro atoms. The second kappa shape index (κ2) is 6.35. The van der Waals surface area contributed by atoms with E-state index in [2.05, 4.69) is 10.5 Å². The molecule has 0 radical (unpaired) electrons. The average Bonchev–Trinajstić information content (AvgIpc) is 3.17.